The van der Waals surface area contributed by atoms with Crippen LogP contribution in [-0.2, 0) is 5.41 Å². The van der Waals surface area contributed by atoms with Gasteiger partial charge in [-0.15, -0.1) is 0 Å². The van der Waals surface area contributed by atoms with Crippen molar-refractivity contribution < 1.29 is 14.6 Å². The third-order valence-corrected chi connectivity index (χ3v) is 3.51. The number of carboxylic acids is 1. The molecule has 0 amide bonds. The molecule has 1 aromatic heterocycles. The zero-order valence-corrected chi connectivity index (χ0v) is 14.2. The van der Waals surface area contributed by atoms with Crippen LogP contribution in [0.15, 0.2) is 36.4 Å². The first-order chi connectivity index (χ1) is 9.75. The van der Waals surface area contributed by atoms with E-state index < -0.39 is 5.97 Å². The van der Waals surface area contributed by atoms with Crippen LogP contribution in [0.5, 0.6) is 11.6 Å². The van der Waals surface area contributed by atoms with E-state index in [0.29, 0.717) is 17.3 Å². The van der Waals surface area contributed by atoms with Crippen LogP contribution in [0, 0.1) is 3.57 Å². The number of carboxylic acid groups (broad SMARTS) is 1. The number of rotatable bonds is 3. The Labute approximate surface area is 137 Å². The lowest BCUT2D eigenvalue weighted by Gasteiger charge is -2.19. The number of nitrogens with zero attached hydrogens (tertiary/aromatic N) is 1. The van der Waals surface area contributed by atoms with Gasteiger partial charge in [-0.3, -0.25) is 0 Å². The number of carbonyl (C=O) groups is 1. The average Bonchev–Trinajstić information content (AvgIpc) is 2.37. The molecular formula is C16H16INO3. The average molecular weight is 397 g/mol. The lowest BCUT2D eigenvalue weighted by molar-refractivity contribution is 0.0696. The van der Waals surface area contributed by atoms with E-state index in [-0.39, 0.29) is 11.0 Å². The molecule has 1 aromatic carbocycles. The molecule has 1 N–H and O–H groups in total. The Morgan fingerprint density at radius 2 is 1.95 bits per heavy atom. The predicted octanol–water partition coefficient (Wildman–Crippen LogP) is 4.47. The summed E-state index contributed by atoms with van der Waals surface area (Å²) in [4.78, 5) is 15.7. The minimum absolute atomic E-state index is 0.176. The minimum Gasteiger partial charge on any atom is -0.478 e. The van der Waals surface area contributed by atoms with Crippen molar-refractivity contribution in [1.82, 2.24) is 4.98 Å². The van der Waals surface area contributed by atoms with Crippen LogP contribution < -0.4 is 4.74 Å². The van der Waals surface area contributed by atoms with Crippen LogP contribution in [0.25, 0.3) is 0 Å². The highest BCUT2D eigenvalue weighted by atomic mass is 127. The van der Waals surface area contributed by atoms with Gasteiger partial charge in [-0.2, -0.15) is 0 Å². The maximum absolute atomic E-state index is 11.3. The van der Waals surface area contributed by atoms with Gasteiger partial charge in [-0.25, -0.2) is 9.78 Å². The number of aromatic carboxylic acids is 1. The fourth-order valence-electron chi connectivity index (χ4n) is 1.72. The van der Waals surface area contributed by atoms with Gasteiger partial charge in [0.15, 0.2) is 0 Å². The van der Waals surface area contributed by atoms with Crippen molar-refractivity contribution in [1.29, 1.82) is 0 Å². The van der Waals surface area contributed by atoms with Gasteiger partial charge in [-0.05, 0) is 46.9 Å². The molecule has 0 aliphatic rings. The van der Waals surface area contributed by atoms with Gasteiger partial charge in [0.25, 0.3) is 0 Å². The van der Waals surface area contributed by atoms with Gasteiger partial charge in [0.1, 0.15) is 5.75 Å². The number of halogens is 1. The normalized spacial score (nSPS) is 11.2. The Balaban J connectivity index is 2.43. The largest absolute Gasteiger partial charge is 0.478 e. The van der Waals surface area contributed by atoms with Crippen LogP contribution in [0.4, 0.5) is 0 Å². The molecule has 0 unspecified atom stereocenters. The third kappa shape index (κ3) is 4.17. The number of hydrogen-bond acceptors (Lipinski definition) is 3. The summed E-state index contributed by atoms with van der Waals surface area (Å²) in [5, 5.41) is 9.23. The summed E-state index contributed by atoms with van der Waals surface area (Å²) in [6.07, 6.45) is 0. The fourth-order valence-corrected chi connectivity index (χ4v) is 2.23. The lowest BCUT2D eigenvalue weighted by Crippen LogP contribution is -2.15. The third-order valence-electron chi connectivity index (χ3n) is 2.84. The van der Waals surface area contributed by atoms with E-state index in [1.165, 1.54) is 6.07 Å². The van der Waals surface area contributed by atoms with E-state index in [2.05, 4.69) is 27.6 Å². The van der Waals surface area contributed by atoms with Crippen molar-refractivity contribution in [3.05, 3.63) is 51.2 Å². The van der Waals surface area contributed by atoms with E-state index in [1.807, 2.05) is 45.0 Å². The number of ether oxygens (including phenoxy) is 1. The molecule has 0 saturated carbocycles. The van der Waals surface area contributed by atoms with Crippen molar-refractivity contribution in [2.45, 2.75) is 26.2 Å². The Kier molecular flexibility index (Phi) is 4.51. The van der Waals surface area contributed by atoms with Gasteiger partial charge >= 0.3 is 5.97 Å². The summed E-state index contributed by atoms with van der Waals surface area (Å²) in [6, 6.07) is 10.5. The standard InChI is InChI=1S/C16H16INO3/c1-16(2,3)13-7-10(15(19)20)8-14(18-13)21-12-6-4-5-11(17)9-12/h4-9H,1-3H3,(H,19,20). The molecule has 5 heteroatoms. The molecule has 2 rings (SSSR count). The van der Waals surface area contributed by atoms with Crippen molar-refractivity contribution in [2.75, 3.05) is 0 Å². The van der Waals surface area contributed by atoms with Crippen molar-refractivity contribution in [3.63, 3.8) is 0 Å². The van der Waals surface area contributed by atoms with Crippen molar-refractivity contribution in [2.24, 2.45) is 0 Å². The SMILES string of the molecule is CC(C)(C)c1cc(C(=O)O)cc(Oc2cccc(I)c2)n1. The summed E-state index contributed by atoms with van der Waals surface area (Å²) in [5.74, 6) is -0.0611. The molecule has 0 atom stereocenters. The molecule has 0 fully saturated rings. The summed E-state index contributed by atoms with van der Waals surface area (Å²) in [6.45, 7) is 5.95. The van der Waals surface area contributed by atoms with Gasteiger partial charge in [-0.1, -0.05) is 26.8 Å². The molecule has 0 saturated heterocycles. The van der Waals surface area contributed by atoms with Gasteiger partial charge < -0.3 is 9.84 Å². The zero-order valence-electron chi connectivity index (χ0n) is 12.1. The van der Waals surface area contributed by atoms with E-state index in [1.54, 1.807) is 6.07 Å². The van der Waals surface area contributed by atoms with Crippen LogP contribution in [0.3, 0.4) is 0 Å². The topological polar surface area (TPSA) is 59.4 Å². The monoisotopic (exact) mass is 397 g/mol. The van der Waals surface area contributed by atoms with Crippen LogP contribution in [0.2, 0.25) is 0 Å². The molecule has 0 spiro atoms. The Hall–Kier alpha value is -1.63. The zero-order chi connectivity index (χ0) is 15.6. The first-order valence-corrected chi connectivity index (χ1v) is 7.53. The molecular weight excluding hydrogens is 381 g/mol. The maximum atomic E-state index is 11.3. The van der Waals surface area contributed by atoms with Crippen LogP contribution in [-0.4, -0.2) is 16.1 Å². The summed E-state index contributed by atoms with van der Waals surface area (Å²) < 4.78 is 6.74. The molecule has 21 heavy (non-hydrogen) atoms. The smallest absolute Gasteiger partial charge is 0.335 e. The Bertz CT molecular complexity index is 677. The van der Waals surface area contributed by atoms with Gasteiger partial charge in [0.2, 0.25) is 5.88 Å². The Morgan fingerprint density at radius 1 is 1.24 bits per heavy atom. The van der Waals surface area contributed by atoms with E-state index in [0.717, 1.165) is 3.57 Å². The molecule has 2 aromatic rings. The van der Waals surface area contributed by atoms with E-state index in [4.69, 9.17) is 4.74 Å². The second-order valence-corrected chi connectivity index (χ2v) is 6.94. The van der Waals surface area contributed by atoms with Crippen molar-refractivity contribution in [3.8, 4) is 11.6 Å². The lowest BCUT2D eigenvalue weighted by atomic mass is 9.91. The van der Waals surface area contributed by atoms with Gasteiger partial charge in [0, 0.05) is 15.1 Å². The second-order valence-electron chi connectivity index (χ2n) is 5.69. The minimum atomic E-state index is -0.990. The quantitative estimate of drug-likeness (QED) is 0.777. The fraction of sp³-hybridized carbons (Fsp3) is 0.250. The summed E-state index contributed by atoms with van der Waals surface area (Å²) in [5.41, 5.74) is 0.605. The van der Waals surface area contributed by atoms with Crippen LogP contribution >= 0.6 is 22.6 Å². The highest BCUT2D eigenvalue weighted by molar-refractivity contribution is 14.1. The second kappa shape index (κ2) is 6.01. The summed E-state index contributed by atoms with van der Waals surface area (Å²) in [7, 11) is 0. The molecule has 0 aliphatic carbocycles. The first kappa shape index (κ1) is 15.8. The van der Waals surface area contributed by atoms with Crippen molar-refractivity contribution >= 4 is 28.6 Å². The summed E-state index contributed by atoms with van der Waals surface area (Å²) >= 11 is 2.19. The molecule has 0 bridgehead atoms. The number of aromatic nitrogens is 1. The number of hydrogen-bond donors (Lipinski definition) is 1. The van der Waals surface area contributed by atoms with E-state index in [9.17, 15) is 9.90 Å². The van der Waals surface area contributed by atoms with Crippen LogP contribution in [0.1, 0.15) is 36.8 Å². The highest BCUT2D eigenvalue weighted by Gasteiger charge is 2.19. The molecule has 0 aliphatic heterocycles. The molecule has 4 nitrogen and oxygen atoms in total. The highest BCUT2D eigenvalue weighted by Crippen LogP contribution is 2.27. The Morgan fingerprint density at radius 3 is 2.52 bits per heavy atom. The molecule has 0 radical (unpaired) electrons. The van der Waals surface area contributed by atoms with E-state index >= 15 is 0 Å². The van der Waals surface area contributed by atoms with Gasteiger partial charge in [0.05, 0.1) is 11.3 Å². The first-order valence-electron chi connectivity index (χ1n) is 6.45. The molecule has 1 heterocycles. The number of benzene rings is 1. The number of pyridine rings is 1. The maximum Gasteiger partial charge on any atom is 0.335 e. The predicted molar refractivity (Wildman–Crippen MR) is 89.1 cm³/mol. The molecule has 110 valence electrons.